The van der Waals surface area contributed by atoms with Gasteiger partial charge in [0.2, 0.25) is 5.91 Å². The van der Waals surface area contributed by atoms with Gasteiger partial charge in [-0.05, 0) is 25.7 Å². The van der Waals surface area contributed by atoms with Crippen LogP contribution in [0, 0.1) is 0 Å². The molecule has 0 aliphatic carbocycles. The minimum absolute atomic E-state index is 0.0836. The van der Waals surface area contributed by atoms with Gasteiger partial charge < -0.3 is 20.5 Å². The molecule has 0 radical (unpaired) electrons. The Hall–Kier alpha value is -0.650. The van der Waals surface area contributed by atoms with Crippen LogP contribution >= 0.6 is 0 Å². The van der Waals surface area contributed by atoms with Crippen molar-refractivity contribution in [3.63, 3.8) is 0 Å². The van der Waals surface area contributed by atoms with Crippen molar-refractivity contribution >= 4 is 5.91 Å². The van der Waals surface area contributed by atoms with Crippen molar-refractivity contribution in [2.45, 2.75) is 45.1 Å². The van der Waals surface area contributed by atoms with E-state index in [-0.39, 0.29) is 5.91 Å². The Morgan fingerprint density at radius 1 is 1.22 bits per heavy atom. The zero-order valence-corrected chi connectivity index (χ0v) is 11.7. The van der Waals surface area contributed by atoms with E-state index in [1.54, 1.807) is 7.11 Å². The van der Waals surface area contributed by atoms with E-state index < -0.39 is 6.04 Å². The average molecular weight is 260 g/mol. The Morgan fingerprint density at radius 3 is 2.61 bits per heavy atom. The van der Waals surface area contributed by atoms with E-state index in [0.717, 1.165) is 32.3 Å². The molecule has 0 aliphatic heterocycles. The average Bonchev–Trinajstić information content (AvgIpc) is 2.37. The third-order valence-electron chi connectivity index (χ3n) is 2.61. The van der Waals surface area contributed by atoms with E-state index in [9.17, 15) is 4.79 Å². The highest BCUT2D eigenvalue weighted by molar-refractivity contribution is 5.81. The molecule has 0 aromatic carbocycles. The third kappa shape index (κ3) is 10.5. The van der Waals surface area contributed by atoms with Crippen LogP contribution < -0.4 is 11.1 Å². The molecule has 0 spiro atoms. The maximum atomic E-state index is 11.6. The summed E-state index contributed by atoms with van der Waals surface area (Å²) >= 11 is 0. The normalized spacial score (nSPS) is 12.4. The van der Waals surface area contributed by atoms with Gasteiger partial charge in [-0.15, -0.1) is 0 Å². The first-order valence-corrected chi connectivity index (χ1v) is 6.82. The highest BCUT2D eigenvalue weighted by atomic mass is 16.5. The van der Waals surface area contributed by atoms with Crippen molar-refractivity contribution in [1.82, 2.24) is 5.32 Å². The van der Waals surface area contributed by atoms with Gasteiger partial charge in [0, 0.05) is 33.5 Å². The molecule has 108 valence electrons. The number of ether oxygens (including phenoxy) is 2. The lowest BCUT2D eigenvalue weighted by atomic mass is 10.1. The number of carbonyl (C=O) groups excluding carboxylic acids is 1. The number of amides is 1. The highest BCUT2D eigenvalue weighted by Gasteiger charge is 2.11. The predicted molar refractivity (Wildman–Crippen MR) is 72.4 cm³/mol. The van der Waals surface area contributed by atoms with Crippen LogP contribution in [0.3, 0.4) is 0 Å². The van der Waals surface area contributed by atoms with Crippen LogP contribution in [-0.4, -0.2) is 45.4 Å². The fourth-order valence-corrected chi connectivity index (χ4v) is 1.44. The van der Waals surface area contributed by atoms with E-state index >= 15 is 0 Å². The SMILES string of the molecule is CCCCOCCCNC(=O)C(N)CCCOC. The molecule has 0 aromatic heterocycles. The summed E-state index contributed by atoms with van der Waals surface area (Å²) in [5, 5.41) is 2.82. The maximum Gasteiger partial charge on any atom is 0.236 e. The molecular weight excluding hydrogens is 232 g/mol. The van der Waals surface area contributed by atoms with Gasteiger partial charge in [-0.1, -0.05) is 13.3 Å². The first kappa shape index (κ1) is 17.4. The largest absolute Gasteiger partial charge is 0.385 e. The van der Waals surface area contributed by atoms with Gasteiger partial charge in [0.25, 0.3) is 0 Å². The number of nitrogens with one attached hydrogen (secondary N) is 1. The van der Waals surface area contributed by atoms with Crippen molar-refractivity contribution < 1.29 is 14.3 Å². The third-order valence-corrected chi connectivity index (χ3v) is 2.61. The molecule has 0 saturated carbocycles. The Morgan fingerprint density at radius 2 is 1.94 bits per heavy atom. The summed E-state index contributed by atoms with van der Waals surface area (Å²) in [7, 11) is 1.64. The van der Waals surface area contributed by atoms with Crippen LogP contribution in [0.5, 0.6) is 0 Å². The number of methoxy groups -OCH3 is 1. The predicted octanol–water partition coefficient (Wildman–Crippen LogP) is 1.06. The number of nitrogens with two attached hydrogens (primary N) is 1. The van der Waals surface area contributed by atoms with E-state index in [1.165, 1.54) is 0 Å². The molecule has 0 bridgehead atoms. The van der Waals surface area contributed by atoms with Crippen molar-refractivity contribution in [3.8, 4) is 0 Å². The van der Waals surface area contributed by atoms with Gasteiger partial charge in [-0.2, -0.15) is 0 Å². The Kier molecular flexibility index (Phi) is 12.3. The maximum absolute atomic E-state index is 11.6. The van der Waals surface area contributed by atoms with Gasteiger partial charge in [0.1, 0.15) is 0 Å². The number of carbonyl (C=O) groups is 1. The molecular formula is C13H28N2O3. The monoisotopic (exact) mass is 260 g/mol. The number of hydrogen-bond donors (Lipinski definition) is 2. The Balaban J connectivity index is 3.35. The molecule has 1 amide bonds. The molecule has 5 nitrogen and oxygen atoms in total. The summed E-state index contributed by atoms with van der Waals surface area (Å²) in [6.07, 6.45) is 4.54. The van der Waals surface area contributed by atoms with Gasteiger partial charge in [0.05, 0.1) is 6.04 Å². The lowest BCUT2D eigenvalue weighted by Gasteiger charge is -2.12. The fourth-order valence-electron chi connectivity index (χ4n) is 1.44. The van der Waals surface area contributed by atoms with E-state index in [4.69, 9.17) is 15.2 Å². The van der Waals surface area contributed by atoms with E-state index in [2.05, 4.69) is 12.2 Å². The highest BCUT2D eigenvalue weighted by Crippen LogP contribution is 1.95. The van der Waals surface area contributed by atoms with Crippen molar-refractivity contribution in [2.24, 2.45) is 5.73 Å². The molecule has 0 rings (SSSR count). The minimum Gasteiger partial charge on any atom is -0.385 e. The van der Waals surface area contributed by atoms with Gasteiger partial charge >= 0.3 is 0 Å². The Labute approximate surface area is 110 Å². The standard InChI is InChI=1S/C13H28N2O3/c1-3-4-10-18-11-6-8-15-13(16)12(14)7-5-9-17-2/h12H,3-11,14H2,1-2H3,(H,15,16). The quantitative estimate of drug-likeness (QED) is 0.515. The first-order chi connectivity index (χ1) is 8.72. The van der Waals surface area contributed by atoms with Crippen LogP contribution in [0.25, 0.3) is 0 Å². The lowest BCUT2D eigenvalue weighted by Crippen LogP contribution is -2.41. The smallest absolute Gasteiger partial charge is 0.236 e. The van der Waals surface area contributed by atoms with Crippen LogP contribution in [-0.2, 0) is 14.3 Å². The summed E-state index contributed by atoms with van der Waals surface area (Å²) in [6, 6.07) is -0.429. The zero-order chi connectivity index (χ0) is 13.6. The van der Waals surface area contributed by atoms with Gasteiger partial charge in [-0.3, -0.25) is 4.79 Å². The number of rotatable bonds is 12. The summed E-state index contributed by atoms with van der Waals surface area (Å²) in [4.78, 5) is 11.6. The molecule has 5 heteroatoms. The minimum atomic E-state index is -0.429. The molecule has 18 heavy (non-hydrogen) atoms. The van der Waals surface area contributed by atoms with Gasteiger partial charge in [0.15, 0.2) is 0 Å². The molecule has 1 unspecified atom stereocenters. The summed E-state index contributed by atoms with van der Waals surface area (Å²) in [5.74, 6) is -0.0836. The summed E-state index contributed by atoms with van der Waals surface area (Å²) in [6.45, 7) is 4.91. The summed E-state index contributed by atoms with van der Waals surface area (Å²) in [5.41, 5.74) is 5.74. The van der Waals surface area contributed by atoms with Crippen molar-refractivity contribution in [3.05, 3.63) is 0 Å². The molecule has 0 aliphatic rings. The molecule has 1 atom stereocenters. The van der Waals surface area contributed by atoms with Crippen molar-refractivity contribution in [2.75, 3.05) is 33.5 Å². The second-order valence-corrected chi connectivity index (χ2v) is 4.35. The first-order valence-electron chi connectivity index (χ1n) is 6.82. The number of hydrogen-bond acceptors (Lipinski definition) is 4. The van der Waals surface area contributed by atoms with E-state index in [1.807, 2.05) is 0 Å². The second-order valence-electron chi connectivity index (χ2n) is 4.35. The van der Waals surface area contributed by atoms with Crippen LogP contribution in [0.1, 0.15) is 39.0 Å². The van der Waals surface area contributed by atoms with Crippen LogP contribution in [0.4, 0.5) is 0 Å². The molecule has 0 saturated heterocycles. The molecule has 3 N–H and O–H groups in total. The van der Waals surface area contributed by atoms with Crippen LogP contribution in [0.2, 0.25) is 0 Å². The molecule has 0 fully saturated rings. The van der Waals surface area contributed by atoms with Crippen molar-refractivity contribution in [1.29, 1.82) is 0 Å². The Bertz CT molecular complexity index is 201. The molecule has 0 aromatic rings. The molecule has 0 heterocycles. The van der Waals surface area contributed by atoms with Gasteiger partial charge in [-0.25, -0.2) is 0 Å². The fraction of sp³-hybridized carbons (Fsp3) is 0.923. The lowest BCUT2D eigenvalue weighted by molar-refractivity contribution is -0.122. The van der Waals surface area contributed by atoms with E-state index in [0.29, 0.717) is 26.2 Å². The van der Waals surface area contributed by atoms with Crippen LogP contribution in [0.15, 0.2) is 0 Å². The number of unbranched alkanes of at least 4 members (excludes halogenated alkanes) is 1. The topological polar surface area (TPSA) is 73.6 Å². The second kappa shape index (κ2) is 12.8. The summed E-state index contributed by atoms with van der Waals surface area (Å²) < 4.78 is 10.3. The zero-order valence-electron chi connectivity index (χ0n) is 11.7.